The summed E-state index contributed by atoms with van der Waals surface area (Å²) < 4.78 is 10.8. The lowest BCUT2D eigenvalue weighted by Gasteiger charge is -2.31. The van der Waals surface area contributed by atoms with Crippen molar-refractivity contribution in [2.24, 2.45) is 0 Å². The van der Waals surface area contributed by atoms with E-state index in [-0.39, 0.29) is 5.41 Å². The minimum absolute atomic E-state index is 0.00488. The van der Waals surface area contributed by atoms with Gasteiger partial charge in [-0.2, -0.15) is 0 Å². The third kappa shape index (κ3) is 10.7. The van der Waals surface area contributed by atoms with Crippen molar-refractivity contribution in [3.05, 3.63) is 59.7 Å². The van der Waals surface area contributed by atoms with Gasteiger partial charge in [0.15, 0.2) is 0 Å². The molecule has 0 aliphatic rings. The van der Waals surface area contributed by atoms with Crippen LogP contribution in [0.15, 0.2) is 48.5 Å². The Labute approximate surface area is 216 Å². The fourth-order valence-corrected chi connectivity index (χ4v) is 5.22. The molecule has 0 aliphatic heterocycles. The van der Waals surface area contributed by atoms with Crippen LogP contribution in [0.3, 0.4) is 0 Å². The third-order valence-corrected chi connectivity index (χ3v) is 7.73. The van der Waals surface area contributed by atoms with Gasteiger partial charge >= 0.3 is 0 Å². The molecule has 2 aromatic carbocycles. The summed E-state index contributed by atoms with van der Waals surface area (Å²) in [4.78, 5) is 0. The molecule has 0 heterocycles. The second-order valence-electron chi connectivity index (χ2n) is 10.5. The highest BCUT2D eigenvalue weighted by atomic mass is 16.5. The standard InChI is InChI=1S/C33H52O2/c1-5-6-7-8-9-10-11-12-13-14-15-16-17-18-19-28-33(2,29-20-24-31(34-3)25-21-29)30-22-26-32(35-4)27-23-30/h20-27H,5-19,28H2,1-4H3. The first-order valence-electron chi connectivity index (χ1n) is 14.4. The smallest absolute Gasteiger partial charge is 0.118 e. The van der Waals surface area contributed by atoms with Crippen molar-refractivity contribution in [3.63, 3.8) is 0 Å². The summed E-state index contributed by atoms with van der Waals surface area (Å²) in [5.74, 6) is 1.83. The quantitative estimate of drug-likeness (QED) is 0.175. The maximum Gasteiger partial charge on any atom is 0.118 e. The summed E-state index contributed by atoms with van der Waals surface area (Å²) in [5, 5.41) is 0. The average molecular weight is 481 g/mol. The largest absolute Gasteiger partial charge is 0.497 e. The Bertz CT molecular complexity index is 715. The molecular formula is C33H52O2. The van der Waals surface area contributed by atoms with Gasteiger partial charge in [-0.15, -0.1) is 0 Å². The molecule has 2 rings (SSSR count). The van der Waals surface area contributed by atoms with Gasteiger partial charge in [-0.05, 0) is 41.8 Å². The van der Waals surface area contributed by atoms with Crippen LogP contribution in [-0.2, 0) is 5.41 Å². The predicted octanol–water partition coefficient (Wildman–Crippen LogP) is 10.3. The molecule has 2 heteroatoms. The molecule has 2 aromatic rings. The van der Waals surface area contributed by atoms with E-state index in [2.05, 4.69) is 62.4 Å². The highest BCUT2D eigenvalue weighted by molar-refractivity contribution is 5.42. The maximum atomic E-state index is 5.39. The zero-order valence-corrected chi connectivity index (χ0v) is 23.2. The molecule has 0 saturated heterocycles. The molecule has 2 nitrogen and oxygen atoms in total. The number of rotatable bonds is 20. The molecular weight excluding hydrogens is 428 g/mol. The molecule has 0 atom stereocenters. The van der Waals surface area contributed by atoms with Crippen LogP contribution in [0, 0.1) is 0 Å². The Morgan fingerprint density at radius 2 is 0.800 bits per heavy atom. The second-order valence-corrected chi connectivity index (χ2v) is 10.5. The van der Waals surface area contributed by atoms with Gasteiger partial charge in [0, 0.05) is 5.41 Å². The third-order valence-electron chi connectivity index (χ3n) is 7.73. The van der Waals surface area contributed by atoms with Crippen LogP contribution in [-0.4, -0.2) is 14.2 Å². The number of methoxy groups -OCH3 is 2. The molecule has 0 aliphatic carbocycles. The summed E-state index contributed by atoms with van der Waals surface area (Å²) in [5.41, 5.74) is 2.71. The van der Waals surface area contributed by atoms with E-state index in [4.69, 9.17) is 9.47 Å². The average Bonchev–Trinajstić information content (AvgIpc) is 2.90. The van der Waals surface area contributed by atoms with Crippen molar-refractivity contribution in [1.82, 2.24) is 0 Å². The van der Waals surface area contributed by atoms with Gasteiger partial charge in [0.25, 0.3) is 0 Å². The van der Waals surface area contributed by atoms with E-state index in [1.54, 1.807) is 14.2 Å². The molecule has 0 saturated carbocycles. The first kappa shape index (κ1) is 29.3. The fourth-order valence-electron chi connectivity index (χ4n) is 5.22. The molecule has 196 valence electrons. The van der Waals surface area contributed by atoms with Gasteiger partial charge in [-0.3, -0.25) is 0 Å². The molecule has 35 heavy (non-hydrogen) atoms. The Hall–Kier alpha value is -1.96. The zero-order valence-electron chi connectivity index (χ0n) is 23.2. The lowest BCUT2D eigenvalue weighted by atomic mass is 9.72. The topological polar surface area (TPSA) is 18.5 Å². The van der Waals surface area contributed by atoms with Crippen LogP contribution in [0.2, 0.25) is 0 Å². The van der Waals surface area contributed by atoms with Gasteiger partial charge in [-0.25, -0.2) is 0 Å². The number of unbranched alkanes of at least 4 members (excludes halogenated alkanes) is 14. The first-order valence-corrected chi connectivity index (χ1v) is 14.4. The SMILES string of the molecule is CCCCCCCCCCCCCCCCCC(C)(c1ccc(OC)cc1)c1ccc(OC)cc1. The normalized spacial score (nSPS) is 11.5. The Morgan fingerprint density at radius 3 is 1.11 bits per heavy atom. The summed E-state index contributed by atoms with van der Waals surface area (Å²) in [6, 6.07) is 17.3. The van der Waals surface area contributed by atoms with Gasteiger partial charge in [0.05, 0.1) is 14.2 Å². The molecule has 0 aromatic heterocycles. The van der Waals surface area contributed by atoms with E-state index in [1.807, 2.05) is 0 Å². The summed E-state index contributed by atoms with van der Waals surface area (Å²) in [6.07, 6.45) is 22.2. The van der Waals surface area contributed by atoms with Gasteiger partial charge in [0.2, 0.25) is 0 Å². The highest BCUT2D eigenvalue weighted by Gasteiger charge is 2.28. The van der Waals surface area contributed by atoms with E-state index < -0.39 is 0 Å². The zero-order chi connectivity index (χ0) is 25.2. The molecule has 0 radical (unpaired) electrons. The number of ether oxygens (including phenoxy) is 2. The number of hydrogen-bond acceptors (Lipinski definition) is 2. The van der Waals surface area contributed by atoms with Gasteiger partial charge in [-0.1, -0.05) is 134 Å². The van der Waals surface area contributed by atoms with E-state index in [1.165, 1.54) is 107 Å². The van der Waals surface area contributed by atoms with Crippen LogP contribution < -0.4 is 9.47 Å². The molecule has 0 unspecified atom stereocenters. The second kappa shape index (κ2) is 17.5. The minimum atomic E-state index is -0.00488. The summed E-state index contributed by atoms with van der Waals surface area (Å²) in [6.45, 7) is 4.68. The summed E-state index contributed by atoms with van der Waals surface area (Å²) in [7, 11) is 3.46. The molecule has 0 amide bonds. The van der Waals surface area contributed by atoms with E-state index in [0.717, 1.165) is 17.9 Å². The van der Waals surface area contributed by atoms with Crippen molar-refractivity contribution >= 4 is 0 Å². The molecule has 0 fully saturated rings. The van der Waals surface area contributed by atoms with Crippen molar-refractivity contribution < 1.29 is 9.47 Å². The predicted molar refractivity (Wildman–Crippen MR) is 152 cm³/mol. The van der Waals surface area contributed by atoms with Crippen LogP contribution in [0.1, 0.15) is 128 Å². The Morgan fingerprint density at radius 1 is 0.486 bits per heavy atom. The fraction of sp³-hybridized carbons (Fsp3) is 0.636. The minimum Gasteiger partial charge on any atom is -0.497 e. The number of hydrogen-bond donors (Lipinski definition) is 0. The van der Waals surface area contributed by atoms with Crippen molar-refractivity contribution in [2.45, 2.75) is 122 Å². The van der Waals surface area contributed by atoms with Crippen LogP contribution in [0.5, 0.6) is 11.5 Å². The van der Waals surface area contributed by atoms with Gasteiger partial charge < -0.3 is 9.47 Å². The monoisotopic (exact) mass is 480 g/mol. The Kier molecular flexibility index (Phi) is 14.6. The lowest BCUT2D eigenvalue weighted by Crippen LogP contribution is -2.23. The van der Waals surface area contributed by atoms with E-state index in [0.29, 0.717) is 0 Å². The van der Waals surface area contributed by atoms with Gasteiger partial charge in [0.1, 0.15) is 11.5 Å². The molecule has 0 spiro atoms. The number of benzene rings is 2. The van der Waals surface area contributed by atoms with Crippen LogP contribution in [0.25, 0.3) is 0 Å². The van der Waals surface area contributed by atoms with E-state index >= 15 is 0 Å². The first-order chi connectivity index (χ1) is 17.1. The molecule has 0 bridgehead atoms. The summed E-state index contributed by atoms with van der Waals surface area (Å²) >= 11 is 0. The van der Waals surface area contributed by atoms with E-state index in [9.17, 15) is 0 Å². The Balaban J connectivity index is 1.69. The molecule has 0 N–H and O–H groups in total. The van der Waals surface area contributed by atoms with Crippen molar-refractivity contribution in [2.75, 3.05) is 14.2 Å². The van der Waals surface area contributed by atoms with Crippen molar-refractivity contribution in [1.29, 1.82) is 0 Å². The highest BCUT2D eigenvalue weighted by Crippen LogP contribution is 2.38. The van der Waals surface area contributed by atoms with Crippen molar-refractivity contribution in [3.8, 4) is 11.5 Å². The lowest BCUT2D eigenvalue weighted by molar-refractivity contribution is 0.412. The maximum absolute atomic E-state index is 5.39. The van der Waals surface area contributed by atoms with Crippen LogP contribution in [0.4, 0.5) is 0 Å². The van der Waals surface area contributed by atoms with Crippen LogP contribution >= 0.6 is 0 Å².